The Morgan fingerprint density at radius 2 is 2.21 bits per heavy atom. The van der Waals surface area contributed by atoms with Gasteiger partial charge in [0.1, 0.15) is 0 Å². The van der Waals surface area contributed by atoms with Crippen LogP contribution in [0.15, 0.2) is 18.2 Å². The lowest BCUT2D eigenvalue weighted by Crippen LogP contribution is -2.27. The van der Waals surface area contributed by atoms with Gasteiger partial charge in [0, 0.05) is 23.1 Å². The van der Waals surface area contributed by atoms with E-state index in [4.69, 9.17) is 23.2 Å². The Hall–Kier alpha value is -0.280. The zero-order valence-corrected chi connectivity index (χ0v) is 13.0. The first-order valence-electron chi connectivity index (χ1n) is 7.06. The molecule has 2 rings (SSSR count). The summed E-state index contributed by atoms with van der Waals surface area (Å²) < 4.78 is 0. The molecule has 19 heavy (non-hydrogen) atoms. The first kappa shape index (κ1) is 15.1. The number of rotatable bonds is 6. The van der Waals surface area contributed by atoms with E-state index in [-0.39, 0.29) is 0 Å². The van der Waals surface area contributed by atoms with Gasteiger partial charge in [-0.2, -0.15) is 0 Å². The molecule has 1 saturated heterocycles. The topological polar surface area (TPSA) is 15.3 Å². The first-order valence-corrected chi connectivity index (χ1v) is 7.81. The first-order chi connectivity index (χ1) is 9.19. The Kier molecular flexibility index (Phi) is 5.96. The number of likely N-dealkylation sites (tertiary alicyclic amines) is 1. The zero-order chi connectivity index (χ0) is 13.7. The number of hydrogen-bond donors (Lipinski definition) is 1. The van der Waals surface area contributed by atoms with Gasteiger partial charge in [0.05, 0.1) is 0 Å². The molecule has 106 valence electrons. The maximum absolute atomic E-state index is 6.20. The molecule has 0 radical (unpaired) electrons. The van der Waals surface area contributed by atoms with Crippen LogP contribution in [0.1, 0.15) is 18.9 Å². The molecule has 1 fully saturated rings. The molecule has 0 spiro atoms. The van der Waals surface area contributed by atoms with E-state index >= 15 is 0 Å². The fourth-order valence-corrected chi connectivity index (χ4v) is 3.14. The van der Waals surface area contributed by atoms with Gasteiger partial charge in [-0.3, -0.25) is 0 Å². The molecule has 1 unspecified atom stereocenters. The normalized spacial score (nSPS) is 20.1. The van der Waals surface area contributed by atoms with Gasteiger partial charge in [-0.05, 0) is 56.1 Å². The highest BCUT2D eigenvalue weighted by Gasteiger charge is 2.21. The van der Waals surface area contributed by atoms with Crippen molar-refractivity contribution in [2.75, 3.05) is 32.7 Å². The third-order valence-corrected chi connectivity index (χ3v) is 4.35. The smallest absolute Gasteiger partial charge is 0.0453 e. The van der Waals surface area contributed by atoms with Crippen LogP contribution in [0.5, 0.6) is 0 Å². The summed E-state index contributed by atoms with van der Waals surface area (Å²) in [6, 6.07) is 5.79. The fraction of sp³-hybridized carbons (Fsp3) is 0.600. The summed E-state index contributed by atoms with van der Waals surface area (Å²) in [5, 5.41) is 4.93. The van der Waals surface area contributed by atoms with E-state index in [2.05, 4.69) is 17.1 Å². The fourth-order valence-electron chi connectivity index (χ4n) is 2.63. The maximum atomic E-state index is 6.20. The minimum Gasteiger partial charge on any atom is -0.317 e. The highest BCUT2D eigenvalue weighted by atomic mass is 35.5. The molecule has 1 aromatic rings. The van der Waals surface area contributed by atoms with E-state index in [1.165, 1.54) is 25.1 Å². The lowest BCUT2D eigenvalue weighted by Gasteiger charge is -2.16. The number of halogens is 2. The van der Waals surface area contributed by atoms with E-state index in [0.717, 1.165) is 37.0 Å². The maximum Gasteiger partial charge on any atom is 0.0453 e. The SMILES string of the molecule is CCNCC1CCN(CCc2ccc(Cl)cc2Cl)C1. The molecule has 0 bridgehead atoms. The molecule has 1 atom stereocenters. The molecular weight excluding hydrogens is 279 g/mol. The number of hydrogen-bond acceptors (Lipinski definition) is 2. The van der Waals surface area contributed by atoms with Gasteiger partial charge < -0.3 is 10.2 Å². The van der Waals surface area contributed by atoms with Crippen molar-refractivity contribution in [2.24, 2.45) is 5.92 Å². The molecule has 1 aliphatic heterocycles. The minimum absolute atomic E-state index is 0.709. The van der Waals surface area contributed by atoms with Crippen molar-refractivity contribution >= 4 is 23.2 Å². The average molecular weight is 301 g/mol. The molecule has 1 heterocycles. The molecule has 2 nitrogen and oxygen atoms in total. The van der Waals surface area contributed by atoms with Gasteiger partial charge in [-0.25, -0.2) is 0 Å². The third kappa shape index (κ3) is 4.64. The summed E-state index contributed by atoms with van der Waals surface area (Å²) in [6.45, 7) is 7.88. The Labute approximate surface area is 126 Å². The largest absolute Gasteiger partial charge is 0.317 e. The Bertz CT molecular complexity index is 409. The van der Waals surface area contributed by atoms with E-state index < -0.39 is 0 Å². The highest BCUT2D eigenvalue weighted by molar-refractivity contribution is 6.35. The number of benzene rings is 1. The average Bonchev–Trinajstić information content (AvgIpc) is 2.83. The predicted octanol–water partition coefficient (Wildman–Crippen LogP) is 3.47. The van der Waals surface area contributed by atoms with Crippen LogP contribution in [-0.2, 0) is 6.42 Å². The van der Waals surface area contributed by atoms with Gasteiger partial charge in [-0.15, -0.1) is 0 Å². The number of nitrogens with zero attached hydrogens (tertiary/aromatic N) is 1. The van der Waals surface area contributed by atoms with E-state index in [9.17, 15) is 0 Å². The summed E-state index contributed by atoms with van der Waals surface area (Å²) in [7, 11) is 0. The van der Waals surface area contributed by atoms with Crippen LogP contribution >= 0.6 is 23.2 Å². The van der Waals surface area contributed by atoms with Crippen LogP contribution in [0, 0.1) is 5.92 Å². The van der Waals surface area contributed by atoms with Crippen LogP contribution in [0.4, 0.5) is 0 Å². The van der Waals surface area contributed by atoms with Crippen molar-refractivity contribution in [1.82, 2.24) is 10.2 Å². The molecule has 1 aromatic carbocycles. The summed E-state index contributed by atoms with van der Waals surface area (Å²) in [4.78, 5) is 2.53. The molecule has 1 aliphatic rings. The lowest BCUT2D eigenvalue weighted by atomic mass is 10.1. The van der Waals surface area contributed by atoms with Crippen LogP contribution < -0.4 is 5.32 Å². The van der Waals surface area contributed by atoms with E-state index in [0.29, 0.717) is 5.02 Å². The highest BCUT2D eigenvalue weighted by Crippen LogP contribution is 2.22. The number of nitrogens with one attached hydrogen (secondary N) is 1. The van der Waals surface area contributed by atoms with E-state index in [1.807, 2.05) is 18.2 Å². The van der Waals surface area contributed by atoms with Gasteiger partial charge in [0.25, 0.3) is 0 Å². The lowest BCUT2D eigenvalue weighted by molar-refractivity contribution is 0.326. The standard InChI is InChI=1S/C15H22Cl2N2/c1-2-18-10-12-5-7-19(11-12)8-6-13-3-4-14(16)9-15(13)17/h3-4,9,12,18H,2,5-8,10-11H2,1H3. The van der Waals surface area contributed by atoms with Gasteiger partial charge in [-0.1, -0.05) is 36.2 Å². The van der Waals surface area contributed by atoms with Crippen molar-refractivity contribution in [3.63, 3.8) is 0 Å². The van der Waals surface area contributed by atoms with Gasteiger partial charge in [0.2, 0.25) is 0 Å². The van der Waals surface area contributed by atoms with Crippen molar-refractivity contribution in [2.45, 2.75) is 19.8 Å². The van der Waals surface area contributed by atoms with Crippen molar-refractivity contribution in [3.8, 4) is 0 Å². The third-order valence-electron chi connectivity index (χ3n) is 3.77. The van der Waals surface area contributed by atoms with Gasteiger partial charge >= 0.3 is 0 Å². The Morgan fingerprint density at radius 1 is 1.37 bits per heavy atom. The monoisotopic (exact) mass is 300 g/mol. The summed E-state index contributed by atoms with van der Waals surface area (Å²) >= 11 is 12.1. The molecule has 0 aromatic heterocycles. The minimum atomic E-state index is 0.709. The van der Waals surface area contributed by atoms with Crippen LogP contribution in [-0.4, -0.2) is 37.6 Å². The molecule has 0 saturated carbocycles. The van der Waals surface area contributed by atoms with Crippen LogP contribution in [0.25, 0.3) is 0 Å². The molecule has 4 heteroatoms. The molecule has 0 amide bonds. The van der Waals surface area contributed by atoms with Gasteiger partial charge in [0.15, 0.2) is 0 Å². The predicted molar refractivity (Wildman–Crippen MR) is 83.3 cm³/mol. The van der Waals surface area contributed by atoms with Crippen LogP contribution in [0.2, 0.25) is 10.0 Å². The quantitative estimate of drug-likeness (QED) is 0.865. The second-order valence-electron chi connectivity index (χ2n) is 5.25. The molecule has 1 N–H and O–H groups in total. The summed E-state index contributed by atoms with van der Waals surface area (Å²) in [6.07, 6.45) is 2.31. The summed E-state index contributed by atoms with van der Waals surface area (Å²) in [5.41, 5.74) is 1.20. The van der Waals surface area contributed by atoms with Crippen molar-refractivity contribution in [1.29, 1.82) is 0 Å². The Morgan fingerprint density at radius 3 is 2.95 bits per heavy atom. The molecular formula is C15H22Cl2N2. The Balaban J connectivity index is 1.77. The second kappa shape index (κ2) is 7.49. The summed E-state index contributed by atoms with van der Waals surface area (Å²) in [5.74, 6) is 0.806. The van der Waals surface area contributed by atoms with Crippen LogP contribution in [0.3, 0.4) is 0 Å². The molecule has 0 aliphatic carbocycles. The van der Waals surface area contributed by atoms with Crippen molar-refractivity contribution < 1.29 is 0 Å². The second-order valence-corrected chi connectivity index (χ2v) is 6.09. The van der Waals surface area contributed by atoms with Crippen molar-refractivity contribution in [3.05, 3.63) is 33.8 Å². The van der Waals surface area contributed by atoms with E-state index in [1.54, 1.807) is 0 Å². The zero-order valence-electron chi connectivity index (χ0n) is 11.5.